The van der Waals surface area contributed by atoms with Gasteiger partial charge in [-0.15, -0.1) is 5.10 Å². The smallest absolute Gasteiger partial charge is 0.308 e. The predicted octanol–water partition coefficient (Wildman–Crippen LogP) is 2.93. The average Bonchev–Trinajstić information content (AvgIpc) is 3.05. The Morgan fingerprint density at radius 3 is 2.29 bits per heavy atom. The molecule has 0 aliphatic carbocycles. The van der Waals surface area contributed by atoms with Gasteiger partial charge in [-0.1, -0.05) is 0 Å². The van der Waals surface area contributed by atoms with Crippen molar-refractivity contribution in [1.29, 1.82) is 0 Å². The summed E-state index contributed by atoms with van der Waals surface area (Å²) in [6.07, 6.45) is 1.66. The van der Waals surface area contributed by atoms with Crippen LogP contribution in [0.15, 0.2) is 54.9 Å². The summed E-state index contributed by atoms with van der Waals surface area (Å²) >= 11 is 0. The predicted molar refractivity (Wildman–Crippen MR) is 92.4 cm³/mol. The Morgan fingerprint density at radius 1 is 1.04 bits per heavy atom. The fourth-order valence-corrected chi connectivity index (χ4v) is 2.26. The van der Waals surface area contributed by atoms with Crippen LogP contribution in [0, 0.1) is 0 Å². The van der Waals surface area contributed by atoms with E-state index in [2.05, 4.69) is 10.1 Å². The lowest BCUT2D eigenvalue weighted by molar-refractivity contribution is -0.131. The lowest BCUT2D eigenvalue weighted by Crippen LogP contribution is -2.07. The van der Waals surface area contributed by atoms with E-state index in [0.29, 0.717) is 11.6 Å². The highest BCUT2D eigenvalue weighted by Gasteiger charge is 2.07. The van der Waals surface area contributed by atoms with Gasteiger partial charge < -0.3 is 9.64 Å². The number of carbonyl (C=O) groups is 1. The zero-order valence-corrected chi connectivity index (χ0v) is 13.8. The number of hydrogen-bond donors (Lipinski definition) is 0. The van der Waals surface area contributed by atoms with Crippen LogP contribution in [0.2, 0.25) is 0 Å². The lowest BCUT2D eigenvalue weighted by Gasteiger charge is -2.11. The van der Waals surface area contributed by atoms with Crippen LogP contribution in [0.1, 0.15) is 6.92 Å². The highest BCUT2D eigenvalue weighted by molar-refractivity contribution is 5.69. The molecule has 3 rings (SSSR count). The normalized spacial score (nSPS) is 10.5. The van der Waals surface area contributed by atoms with E-state index in [9.17, 15) is 4.79 Å². The Bertz CT molecular complexity index is 836. The molecule has 0 amide bonds. The first-order valence-electron chi connectivity index (χ1n) is 7.51. The number of nitrogens with zero attached hydrogens (tertiary/aromatic N) is 4. The molecular weight excluding hydrogens is 304 g/mol. The fraction of sp³-hybridized carbons (Fsp3) is 0.167. The molecule has 0 bridgehead atoms. The Balaban J connectivity index is 1.81. The maximum Gasteiger partial charge on any atom is 0.308 e. The van der Waals surface area contributed by atoms with E-state index in [1.807, 2.05) is 55.4 Å². The molecule has 0 N–H and O–H groups in total. The first-order chi connectivity index (χ1) is 11.5. The number of carbonyl (C=O) groups excluding carboxylic acids is 1. The zero-order chi connectivity index (χ0) is 17.1. The van der Waals surface area contributed by atoms with Crippen molar-refractivity contribution in [3.63, 3.8) is 0 Å². The summed E-state index contributed by atoms with van der Waals surface area (Å²) < 4.78 is 6.71. The minimum absolute atomic E-state index is 0.341. The number of aromatic nitrogens is 3. The van der Waals surface area contributed by atoms with Gasteiger partial charge in [0, 0.05) is 32.3 Å². The largest absolute Gasteiger partial charge is 0.427 e. The van der Waals surface area contributed by atoms with E-state index in [0.717, 1.165) is 16.9 Å². The van der Waals surface area contributed by atoms with Gasteiger partial charge >= 0.3 is 5.97 Å². The molecule has 0 radical (unpaired) electrons. The number of benzene rings is 2. The van der Waals surface area contributed by atoms with Crippen molar-refractivity contribution in [2.24, 2.45) is 0 Å². The second-order valence-electron chi connectivity index (χ2n) is 5.54. The highest BCUT2D eigenvalue weighted by Crippen LogP contribution is 2.20. The molecule has 0 aliphatic rings. The summed E-state index contributed by atoms with van der Waals surface area (Å²) in [6, 6.07) is 15.2. The van der Waals surface area contributed by atoms with Crippen molar-refractivity contribution >= 4 is 11.7 Å². The Hall–Kier alpha value is -3.15. The molecule has 0 aliphatic heterocycles. The summed E-state index contributed by atoms with van der Waals surface area (Å²) in [5.74, 6) is 0.821. The average molecular weight is 322 g/mol. The quantitative estimate of drug-likeness (QED) is 0.546. The zero-order valence-electron chi connectivity index (χ0n) is 13.8. The molecule has 24 heavy (non-hydrogen) atoms. The van der Waals surface area contributed by atoms with Gasteiger partial charge in [-0.25, -0.2) is 9.67 Å². The minimum atomic E-state index is -0.341. The van der Waals surface area contributed by atoms with Gasteiger partial charge in [0.05, 0.1) is 5.69 Å². The number of ether oxygens (including phenoxy) is 1. The Kier molecular flexibility index (Phi) is 4.29. The van der Waals surface area contributed by atoms with Crippen molar-refractivity contribution in [1.82, 2.24) is 14.8 Å². The van der Waals surface area contributed by atoms with Gasteiger partial charge in [-0.2, -0.15) is 0 Å². The molecule has 0 saturated carbocycles. The molecule has 122 valence electrons. The molecule has 0 spiro atoms. The van der Waals surface area contributed by atoms with Crippen LogP contribution in [0.4, 0.5) is 5.69 Å². The first-order valence-corrected chi connectivity index (χ1v) is 7.51. The number of hydrogen-bond acceptors (Lipinski definition) is 5. The maximum absolute atomic E-state index is 10.9. The van der Waals surface area contributed by atoms with E-state index < -0.39 is 0 Å². The van der Waals surface area contributed by atoms with E-state index in [-0.39, 0.29) is 5.97 Å². The number of anilines is 1. The van der Waals surface area contributed by atoms with Crippen LogP contribution < -0.4 is 9.64 Å². The first kappa shape index (κ1) is 15.7. The van der Waals surface area contributed by atoms with Gasteiger partial charge in [-0.05, 0) is 48.5 Å². The maximum atomic E-state index is 10.9. The summed E-state index contributed by atoms with van der Waals surface area (Å²) in [5.41, 5.74) is 2.92. The van der Waals surface area contributed by atoms with Crippen LogP contribution in [-0.2, 0) is 4.79 Å². The van der Waals surface area contributed by atoms with E-state index in [4.69, 9.17) is 4.74 Å². The van der Waals surface area contributed by atoms with Gasteiger partial charge in [0.1, 0.15) is 12.1 Å². The third kappa shape index (κ3) is 3.43. The molecule has 0 fully saturated rings. The van der Waals surface area contributed by atoms with Gasteiger partial charge in [0.15, 0.2) is 5.82 Å². The van der Waals surface area contributed by atoms with E-state index >= 15 is 0 Å². The molecule has 2 aromatic carbocycles. The molecule has 0 atom stereocenters. The van der Waals surface area contributed by atoms with E-state index in [1.165, 1.54) is 6.92 Å². The Labute approximate surface area is 140 Å². The topological polar surface area (TPSA) is 60.3 Å². The van der Waals surface area contributed by atoms with Crippen LogP contribution >= 0.6 is 0 Å². The third-order valence-electron chi connectivity index (χ3n) is 3.50. The molecular formula is C18H18N4O2. The van der Waals surface area contributed by atoms with Gasteiger partial charge in [0.25, 0.3) is 0 Å². The van der Waals surface area contributed by atoms with Crippen molar-refractivity contribution in [2.75, 3.05) is 19.0 Å². The monoisotopic (exact) mass is 322 g/mol. The standard InChI is InChI=1S/C18H18N4O2/c1-13(23)24-17-10-8-16(9-11-17)22-12-19-18(20-22)14-4-6-15(7-5-14)21(2)3/h4-12H,1-3H3. The summed E-state index contributed by atoms with van der Waals surface area (Å²) in [4.78, 5) is 17.3. The van der Waals surface area contributed by atoms with Crippen LogP contribution in [0.25, 0.3) is 17.1 Å². The van der Waals surface area contributed by atoms with Crippen molar-refractivity contribution in [2.45, 2.75) is 6.92 Å². The van der Waals surface area contributed by atoms with Crippen LogP contribution in [0.3, 0.4) is 0 Å². The second kappa shape index (κ2) is 6.54. The molecule has 6 heteroatoms. The number of esters is 1. The van der Waals surface area contributed by atoms with Crippen molar-refractivity contribution in [3.05, 3.63) is 54.9 Å². The second-order valence-corrected chi connectivity index (χ2v) is 5.54. The Morgan fingerprint density at radius 2 is 1.71 bits per heavy atom. The molecule has 3 aromatic rings. The summed E-state index contributed by atoms with van der Waals surface area (Å²) in [6.45, 7) is 1.37. The SMILES string of the molecule is CC(=O)Oc1ccc(-n2cnc(-c3ccc(N(C)C)cc3)n2)cc1. The minimum Gasteiger partial charge on any atom is -0.427 e. The van der Waals surface area contributed by atoms with E-state index in [1.54, 1.807) is 23.1 Å². The van der Waals surface area contributed by atoms with Crippen molar-refractivity contribution in [3.8, 4) is 22.8 Å². The van der Waals surface area contributed by atoms with Gasteiger partial charge in [0.2, 0.25) is 0 Å². The fourth-order valence-electron chi connectivity index (χ4n) is 2.26. The summed E-state index contributed by atoms with van der Waals surface area (Å²) in [5, 5.41) is 4.50. The third-order valence-corrected chi connectivity index (χ3v) is 3.50. The van der Waals surface area contributed by atoms with Crippen molar-refractivity contribution < 1.29 is 9.53 Å². The van der Waals surface area contributed by atoms with Crippen LogP contribution in [-0.4, -0.2) is 34.8 Å². The number of rotatable bonds is 4. The lowest BCUT2D eigenvalue weighted by atomic mass is 10.2. The highest BCUT2D eigenvalue weighted by atomic mass is 16.5. The molecule has 0 saturated heterocycles. The summed E-state index contributed by atoms with van der Waals surface area (Å²) in [7, 11) is 4.00. The molecule has 1 heterocycles. The molecule has 0 unspecified atom stereocenters. The molecule has 6 nitrogen and oxygen atoms in total. The molecule has 1 aromatic heterocycles. The van der Waals surface area contributed by atoms with Crippen LogP contribution in [0.5, 0.6) is 5.75 Å². The van der Waals surface area contributed by atoms with Gasteiger partial charge in [-0.3, -0.25) is 4.79 Å².